The van der Waals surface area contributed by atoms with Gasteiger partial charge in [-0.25, -0.2) is 9.97 Å². The average Bonchev–Trinajstić information content (AvgIpc) is 2.84. The Bertz CT molecular complexity index is 956. The number of rotatable bonds is 5. The predicted octanol–water partition coefficient (Wildman–Crippen LogP) is 4.02. The Morgan fingerprint density at radius 1 is 1.09 bits per heavy atom. The number of hydrogen-bond acceptors (Lipinski definition) is 7. The summed E-state index contributed by atoms with van der Waals surface area (Å²) in [5, 5.41) is 3.73. The summed E-state index contributed by atoms with van der Waals surface area (Å²) in [6.45, 7) is 3.32. The van der Waals surface area contributed by atoms with Crippen LogP contribution in [-0.2, 0) is 14.3 Å². The molecule has 1 aromatic heterocycles. The summed E-state index contributed by atoms with van der Waals surface area (Å²) in [5.41, 5.74) is 2.91. The van der Waals surface area contributed by atoms with Crippen LogP contribution in [0, 0.1) is 17.8 Å². The molecule has 2 atom stereocenters. The summed E-state index contributed by atoms with van der Waals surface area (Å²) in [7, 11) is 1.47. The zero-order valence-corrected chi connectivity index (χ0v) is 19.1. The fourth-order valence-corrected chi connectivity index (χ4v) is 5.79. The minimum atomic E-state index is -0.141. The largest absolute Gasteiger partial charge is 0.469 e. The van der Waals surface area contributed by atoms with Crippen LogP contribution in [0.1, 0.15) is 25.7 Å². The number of carbonyl (C=O) groups excluding carboxylic acids is 1. The number of methoxy groups -OCH3 is 1. The van der Waals surface area contributed by atoms with Crippen molar-refractivity contribution in [2.45, 2.75) is 31.7 Å². The van der Waals surface area contributed by atoms with Crippen molar-refractivity contribution < 1.29 is 14.3 Å². The maximum atomic E-state index is 12.5. The van der Waals surface area contributed by atoms with Gasteiger partial charge in [0.2, 0.25) is 5.28 Å². The molecule has 7 nitrogen and oxygen atoms in total. The summed E-state index contributed by atoms with van der Waals surface area (Å²) in [6, 6.07) is 10.3. The molecule has 4 fully saturated rings. The second-order valence-corrected chi connectivity index (χ2v) is 9.29. The molecule has 8 heteroatoms. The summed E-state index contributed by atoms with van der Waals surface area (Å²) >= 11 is 6.30. The van der Waals surface area contributed by atoms with E-state index in [1.165, 1.54) is 12.8 Å². The molecule has 1 aliphatic heterocycles. The minimum absolute atomic E-state index is 0.0115. The minimum Gasteiger partial charge on any atom is -0.469 e. The topological polar surface area (TPSA) is 76.6 Å². The number of nitrogens with zero attached hydrogens (tertiary/aromatic N) is 3. The number of morpholine rings is 1. The molecule has 170 valence electrons. The highest BCUT2D eigenvalue weighted by Gasteiger charge is 2.47. The number of anilines is 2. The molecule has 2 unspecified atom stereocenters. The number of nitrogens with one attached hydrogen (secondary N) is 1. The molecule has 1 saturated heterocycles. The van der Waals surface area contributed by atoms with E-state index < -0.39 is 0 Å². The fourth-order valence-electron chi connectivity index (χ4n) is 5.61. The molecule has 1 N–H and O–H groups in total. The van der Waals surface area contributed by atoms with E-state index in [0.717, 1.165) is 63.2 Å². The van der Waals surface area contributed by atoms with Gasteiger partial charge in [0.15, 0.2) is 0 Å². The zero-order chi connectivity index (χ0) is 22.1. The standard InChI is InChI=1S/C24H29ClN4O3/c1-31-23(30)21-16-2-4-17(5-3-16)22(21)27-20-14-19(26-24(25)28-20)15-6-8-18(9-7-15)29-10-12-32-13-11-29/h6-9,14,16-17,21-22H,2-5,10-13H2,1H3,(H,26,27,28). The SMILES string of the molecule is COC(=O)C1C2CCC(CC2)C1Nc1cc(-c2ccc(N3CCOCC3)cc2)nc(Cl)n1. The summed E-state index contributed by atoms with van der Waals surface area (Å²) < 4.78 is 10.6. The third kappa shape index (κ3) is 4.28. The second kappa shape index (κ2) is 9.24. The number of ether oxygens (including phenoxy) is 2. The highest BCUT2D eigenvalue weighted by atomic mass is 35.5. The van der Waals surface area contributed by atoms with Gasteiger partial charge >= 0.3 is 5.97 Å². The van der Waals surface area contributed by atoms with Crippen LogP contribution in [0.15, 0.2) is 30.3 Å². The van der Waals surface area contributed by atoms with E-state index in [1.54, 1.807) is 0 Å². The Kier molecular flexibility index (Phi) is 6.20. The molecular formula is C24H29ClN4O3. The molecule has 0 radical (unpaired) electrons. The monoisotopic (exact) mass is 456 g/mol. The molecule has 2 bridgehead atoms. The molecule has 3 aliphatic carbocycles. The van der Waals surface area contributed by atoms with Gasteiger partial charge in [-0.05, 0) is 61.3 Å². The average molecular weight is 457 g/mol. The lowest BCUT2D eigenvalue weighted by Crippen LogP contribution is -2.51. The van der Waals surface area contributed by atoms with E-state index in [1.807, 2.05) is 6.07 Å². The van der Waals surface area contributed by atoms with E-state index in [0.29, 0.717) is 17.7 Å². The number of fused-ring (bicyclic) bond motifs is 3. The molecule has 4 aliphatic rings. The van der Waals surface area contributed by atoms with Gasteiger partial charge in [-0.3, -0.25) is 4.79 Å². The van der Waals surface area contributed by atoms with Gasteiger partial charge in [-0.15, -0.1) is 0 Å². The molecule has 3 saturated carbocycles. The number of aromatic nitrogens is 2. The normalized spacial score (nSPS) is 27.2. The summed E-state index contributed by atoms with van der Waals surface area (Å²) in [4.78, 5) is 23.7. The maximum absolute atomic E-state index is 12.5. The van der Waals surface area contributed by atoms with E-state index in [9.17, 15) is 4.79 Å². The van der Waals surface area contributed by atoms with Gasteiger partial charge in [-0.1, -0.05) is 12.1 Å². The van der Waals surface area contributed by atoms with Crippen molar-refractivity contribution in [3.8, 4) is 11.3 Å². The lowest BCUT2D eigenvalue weighted by Gasteiger charge is -2.47. The molecule has 6 rings (SSSR count). The van der Waals surface area contributed by atoms with Crippen molar-refractivity contribution in [1.82, 2.24) is 9.97 Å². The third-order valence-electron chi connectivity index (χ3n) is 7.25. The van der Waals surface area contributed by atoms with Crippen LogP contribution < -0.4 is 10.2 Å². The van der Waals surface area contributed by atoms with E-state index in [4.69, 9.17) is 21.1 Å². The first kappa shape index (κ1) is 21.5. The van der Waals surface area contributed by atoms with Gasteiger partial charge < -0.3 is 19.7 Å². The van der Waals surface area contributed by atoms with E-state index >= 15 is 0 Å². The predicted molar refractivity (Wildman–Crippen MR) is 124 cm³/mol. The Labute approximate surface area is 193 Å². The van der Waals surface area contributed by atoms with Gasteiger partial charge in [0.05, 0.1) is 31.9 Å². The molecule has 2 heterocycles. The smallest absolute Gasteiger partial charge is 0.311 e. The molecule has 0 spiro atoms. The van der Waals surface area contributed by atoms with Crippen LogP contribution in [-0.4, -0.2) is 55.4 Å². The number of benzene rings is 1. The third-order valence-corrected chi connectivity index (χ3v) is 7.41. The van der Waals surface area contributed by atoms with Crippen LogP contribution in [0.3, 0.4) is 0 Å². The van der Waals surface area contributed by atoms with Gasteiger partial charge in [0.1, 0.15) is 5.82 Å². The number of carbonyl (C=O) groups is 1. The summed E-state index contributed by atoms with van der Waals surface area (Å²) in [6.07, 6.45) is 4.44. The second-order valence-electron chi connectivity index (χ2n) is 8.95. The number of halogens is 1. The van der Waals surface area contributed by atoms with Crippen molar-refractivity contribution in [2.24, 2.45) is 17.8 Å². The first-order chi connectivity index (χ1) is 15.6. The van der Waals surface area contributed by atoms with E-state index in [2.05, 4.69) is 44.5 Å². The Morgan fingerprint density at radius 2 is 1.78 bits per heavy atom. The maximum Gasteiger partial charge on any atom is 0.311 e. The molecule has 32 heavy (non-hydrogen) atoms. The first-order valence-corrected chi connectivity index (χ1v) is 11.8. The van der Waals surface area contributed by atoms with Crippen molar-refractivity contribution in [3.05, 3.63) is 35.6 Å². The van der Waals surface area contributed by atoms with Crippen LogP contribution in [0.2, 0.25) is 5.28 Å². The first-order valence-electron chi connectivity index (χ1n) is 11.4. The zero-order valence-electron chi connectivity index (χ0n) is 18.3. The van der Waals surface area contributed by atoms with E-state index in [-0.39, 0.29) is 23.2 Å². The molecule has 0 amide bonds. The van der Waals surface area contributed by atoms with Gasteiger partial charge in [-0.2, -0.15) is 0 Å². The summed E-state index contributed by atoms with van der Waals surface area (Å²) in [5.74, 6) is 1.20. The van der Waals surface area contributed by atoms with Crippen molar-refractivity contribution >= 4 is 29.1 Å². The Hall–Kier alpha value is -2.38. The highest BCUT2D eigenvalue weighted by molar-refractivity contribution is 6.28. The van der Waals surface area contributed by atoms with Crippen molar-refractivity contribution in [3.63, 3.8) is 0 Å². The highest BCUT2D eigenvalue weighted by Crippen LogP contribution is 2.46. The van der Waals surface area contributed by atoms with Gasteiger partial charge in [0.25, 0.3) is 0 Å². The molecule has 2 aromatic rings. The Balaban J connectivity index is 1.37. The Morgan fingerprint density at radius 3 is 2.47 bits per heavy atom. The lowest BCUT2D eigenvalue weighted by atomic mass is 9.61. The number of hydrogen-bond donors (Lipinski definition) is 1. The van der Waals surface area contributed by atoms with Crippen LogP contribution in [0.25, 0.3) is 11.3 Å². The number of esters is 1. The molecular weight excluding hydrogens is 428 g/mol. The van der Waals surface area contributed by atoms with Crippen molar-refractivity contribution in [2.75, 3.05) is 43.6 Å². The van der Waals surface area contributed by atoms with Gasteiger partial charge in [0, 0.05) is 36.4 Å². The van der Waals surface area contributed by atoms with Crippen LogP contribution in [0.4, 0.5) is 11.5 Å². The van der Waals surface area contributed by atoms with Crippen LogP contribution >= 0.6 is 11.6 Å². The lowest BCUT2D eigenvalue weighted by molar-refractivity contribution is -0.152. The fraction of sp³-hybridized carbons (Fsp3) is 0.542. The molecule has 1 aromatic carbocycles. The van der Waals surface area contributed by atoms with Crippen molar-refractivity contribution in [1.29, 1.82) is 0 Å². The quantitative estimate of drug-likeness (QED) is 0.537. The van der Waals surface area contributed by atoms with Crippen LogP contribution in [0.5, 0.6) is 0 Å².